The molecule has 0 radical (unpaired) electrons. The van der Waals surface area contributed by atoms with Crippen molar-refractivity contribution >= 4 is 5.78 Å². The number of ether oxygens (including phenoxy) is 2. The fourth-order valence-electron chi connectivity index (χ4n) is 2.16. The van der Waals surface area contributed by atoms with Crippen molar-refractivity contribution in [3.63, 3.8) is 0 Å². The third kappa shape index (κ3) is 0.994. The highest BCUT2D eigenvalue weighted by molar-refractivity contribution is 6.10. The molecular weight excluding hydrogens is 208 g/mol. The van der Waals surface area contributed by atoms with Crippen LogP contribution in [0.2, 0.25) is 0 Å². The lowest BCUT2D eigenvalue weighted by Gasteiger charge is -2.13. The highest BCUT2D eigenvalue weighted by Crippen LogP contribution is 2.44. The van der Waals surface area contributed by atoms with E-state index in [2.05, 4.69) is 6.58 Å². The van der Waals surface area contributed by atoms with E-state index in [0.717, 1.165) is 5.56 Å². The average molecular weight is 218 g/mol. The smallest absolute Gasteiger partial charge is 0.231 e. The summed E-state index contributed by atoms with van der Waals surface area (Å²) in [5.41, 5.74) is -0.294. The van der Waals surface area contributed by atoms with Crippen LogP contribution in [0.1, 0.15) is 15.9 Å². The molecule has 1 heterocycles. The summed E-state index contributed by atoms with van der Waals surface area (Å²) in [6.07, 6.45) is 1.53. The number of carbonyl (C=O) groups is 1. The van der Waals surface area contributed by atoms with E-state index < -0.39 is 5.60 Å². The molecule has 0 saturated heterocycles. The minimum atomic E-state index is -1.50. The van der Waals surface area contributed by atoms with Crippen LogP contribution in [0.3, 0.4) is 0 Å². The van der Waals surface area contributed by atoms with Gasteiger partial charge in [0.2, 0.25) is 12.6 Å². The SMILES string of the molecule is C=CC1(O)Cc2ccc3c(c2C1=O)OCO3. The molecule has 82 valence electrons. The van der Waals surface area contributed by atoms with Crippen LogP contribution >= 0.6 is 0 Å². The normalized spacial score (nSPS) is 25.7. The van der Waals surface area contributed by atoms with Gasteiger partial charge in [-0.05, 0) is 11.6 Å². The second kappa shape index (κ2) is 2.86. The van der Waals surface area contributed by atoms with Crippen LogP contribution in [0, 0.1) is 0 Å². The molecule has 16 heavy (non-hydrogen) atoms. The predicted molar refractivity (Wildman–Crippen MR) is 55.7 cm³/mol. The quantitative estimate of drug-likeness (QED) is 0.716. The van der Waals surface area contributed by atoms with Crippen LogP contribution in [0.5, 0.6) is 11.5 Å². The fourth-order valence-corrected chi connectivity index (χ4v) is 2.16. The summed E-state index contributed by atoms with van der Waals surface area (Å²) in [5.74, 6) is 0.639. The molecule has 4 nitrogen and oxygen atoms in total. The molecule has 1 unspecified atom stereocenters. The van der Waals surface area contributed by atoms with Crippen molar-refractivity contribution in [3.05, 3.63) is 35.9 Å². The Kier molecular flexibility index (Phi) is 1.68. The van der Waals surface area contributed by atoms with Crippen molar-refractivity contribution in [2.24, 2.45) is 0 Å². The van der Waals surface area contributed by atoms with Crippen molar-refractivity contribution in [3.8, 4) is 11.5 Å². The lowest BCUT2D eigenvalue weighted by atomic mass is 10.00. The third-order valence-electron chi connectivity index (χ3n) is 3.04. The van der Waals surface area contributed by atoms with Crippen LogP contribution in [0.15, 0.2) is 24.8 Å². The van der Waals surface area contributed by atoms with Crippen LogP contribution in [-0.4, -0.2) is 23.3 Å². The fraction of sp³-hybridized carbons (Fsp3) is 0.250. The number of Topliss-reactive ketones (excluding diaryl/α,β-unsaturated/α-hetero) is 1. The van der Waals surface area contributed by atoms with Crippen molar-refractivity contribution in [1.29, 1.82) is 0 Å². The Labute approximate surface area is 92.1 Å². The Bertz CT molecular complexity index is 506. The number of rotatable bonds is 1. The van der Waals surface area contributed by atoms with Crippen molar-refractivity contribution < 1.29 is 19.4 Å². The number of fused-ring (bicyclic) bond motifs is 3. The van der Waals surface area contributed by atoms with E-state index in [4.69, 9.17) is 9.47 Å². The highest BCUT2D eigenvalue weighted by atomic mass is 16.7. The van der Waals surface area contributed by atoms with Crippen molar-refractivity contribution in [2.45, 2.75) is 12.0 Å². The number of hydrogen-bond acceptors (Lipinski definition) is 4. The summed E-state index contributed by atoms with van der Waals surface area (Å²) in [4.78, 5) is 12.1. The summed E-state index contributed by atoms with van der Waals surface area (Å²) in [6, 6.07) is 3.53. The van der Waals surface area contributed by atoms with E-state index in [-0.39, 0.29) is 19.0 Å². The van der Waals surface area contributed by atoms with Crippen LogP contribution in [0.25, 0.3) is 0 Å². The Balaban J connectivity index is 2.22. The first kappa shape index (κ1) is 9.42. The van der Waals surface area contributed by atoms with E-state index in [1.165, 1.54) is 6.08 Å². The van der Waals surface area contributed by atoms with E-state index in [1.807, 2.05) is 0 Å². The molecule has 3 rings (SSSR count). The van der Waals surface area contributed by atoms with Crippen molar-refractivity contribution in [1.82, 2.24) is 0 Å². The van der Waals surface area contributed by atoms with Gasteiger partial charge in [0.25, 0.3) is 0 Å². The van der Waals surface area contributed by atoms with E-state index >= 15 is 0 Å². The molecule has 0 fully saturated rings. The Hall–Kier alpha value is -1.81. The monoisotopic (exact) mass is 218 g/mol. The lowest BCUT2D eigenvalue weighted by Crippen LogP contribution is -2.32. The minimum absolute atomic E-state index is 0.117. The number of aliphatic hydroxyl groups is 1. The molecule has 0 saturated carbocycles. The molecule has 1 N–H and O–H groups in total. The first-order chi connectivity index (χ1) is 7.65. The second-order valence-corrected chi connectivity index (χ2v) is 3.97. The van der Waals surface area contributed by atoms with Gasteiger partial charge in [-0.2, -0.15) is 0 Å². The number of ketones is 1. The molecule has 0 amide bonds. The van der Waals surface area contributed by atoms with Gasteiger partial charge < -0.3 is 14.6 Å². The van der Waals surface area contributed by atoms with Gasteiger partial charge in [-0.3, -0.25) is 4.79 Å². The van der Waals surface area contributed by atoms with Gasteiger partial charge in [0.05, 0.1) is 5.56 Å². The third-order valence-corrected chi connectivity index (χ3v) is 3.04. The Morgan fingerprint density at radius 3 is 3.00 bits per heavy atom. The molecular formula is C12H10O4. The molecule has 1 aromatic carbocycles. The Morgan fingerprint density at radius 1 is 1.44 bits per heavy atom. The zero-order valence-corrected chi connectivity index (χ0v) is 8.53. The van der Waals surface area contributed by atoms with Gasteiger partial charge in [0.15, 0.2) is 11.5 Å². The zero-order chi connectivity index (χ0) is 11.3. The first-order valence-electron chi connectivity index (χ1n) is 4.98. The van der Waals surface area contributed by atoms with Gasteiger partial charge in [-0.15, -0.1) is 0 Å². The largest absolute Gasteiger partial charge is 0.454 e. The van der Waals surface area contributed by atoms with Gasteiger partial charge in [0.1, 0.15) is 5.60 Å². The molecule has 4 heteroatoms. The molecule has 0 bridgehead atoms. The van der Waals surface area contributed by atoms with Gasteiger partial charge >= 0.3 is 0 Å². The van der Waals surface area contributed by atoms with Crippen molar-refractivity contribution in [2.75, 3.05) is 6.79 Å². The molecule has 1 aromatic rings. The number of benzene rings is 1. The molecule has 2 aliphatic rings. The number of hydrogen-bond donors (Lipinski definition) is 1. The molecule has 1 aliphatic heterocycles. The van der Waals surface area contributed by atoms with Gasteiger partial charge in [-0.25, -0.2) is 0 Å². The maximum Gasteiger partial charge on any atom is 0.231 e. The summed E-state index contributed by atoms with van der Waals surface area (Å²) in [5, 5.41) is 10.1. The maximum absolute atomic E-state index is 12.1. The average Bonchev–Trinajstić information content (AvgIpc) is 2.83. The van der Waals surface area contributed by atoms with Gasteiger partial charge in [-0.1, -0.05) is 18.7 Å². The van der Waals surface area contributed by atoms with E-state index in [9.17, 15) is 9.90 Å². The zero-order valence-electron chi connectivity index (χ0n) is 8.53. The molecule has 0 aromatic heterocycles. The number of carbonyl (C=O) groups excluding carboxylic acids is 1. The minimum Gasteiger partial charge on any atom is -0.454 e. The topological polar surface area (TPSA) is 55.8 Å². The summed E-state index contributed by atoms with van der Waals surface area (Å²) >= 11 is 0. The Morgan fingerprint density at radius 2 is 2.25 bits per heavy atom. The second-order valence-electron chi connectivity index (χ2n) is 3.97. The molecule has 1 atom stereocenters. The molecule has 0 spiro atoms. The predicted octanol–water partition coefficient (Wildman–Crippen LogP) is 1.07. The lowest BCUT2D eigenvalue weighted by molar-refractivity contribution is 0.0574. The summed E-state index contributed by atoms with van der Waals surface area (Å²) in [7, 11) is 0. The summed E-state index contributed by atoms with van der Waals surface area (Å²) in [6.45, 7) is 3.62. The van der Waals surface area contributed by atoms with Crippen LogP contribution in [0.4, 0.5) is 0 Å². The first-order valence-corrected chi connectivity index (χ1v) is 4.98. The van der Waals surface area contributed by atoms with E-state index in [1.54, 1.807) is 12.1 Å². The standard InChI is InChI=1S/C12H10O4/c1-2-12(14)5-7-3-4-8-10(16-6-15-8)9(7)11(12)13/h2-4,14H,1,5-6H2. The highest BCUT2D eigenvalue weighted by Gasteiger charge is 2.44. The van der Waals surface area contributed by atoms with Crippen LogP contribution < -0.4 is 9.47 Å². The van der Waals surface area contributed by atoms with E-state index in [0.29, 0.717) is 17.1 Å². The maximum atomic E-state index is 12.1. The van der Waals surface area contributed by atoms with Gasteiger partial charge in [0, 0.05) is 6.42 Å². The summed E-state index contributed by atoms with van der Waals surface area (Å²) < 4.78 is 10.5. The van der Waals surface area contributed by atoms with Crippen LogP contribution in [-0.2, 0) is 6.42 Å². The molecule has 1 aliphatic carbocycles.